The van der Waals surface area contributed by atoms with Crippen LogP contribution in [0.4, 0.5) is 0 Å². The Morgan fingerprint density at radius 3 is 2.37 bits per heavy atom. The molecule has 2 aromatic rings. The number of hydrogen-bond donors (Lipinski definition) is 3. The largest absolute Gasteiger partial charge is 0.326 e. The van der Waals surface area contributed by atoms with Crippen LogP contribution in [0.3, 0.4) is 0 Å². The van der Waals surface area contributed by atoms with Gasteiger partial charge in [0, 0.05) is 26.1 Å². The Morgan fingerprint density at radius 2 is 1.63 bits per heavy atom. The van der Waals surface area contributed by atoms with Crippen molar-refractivity contribution in [3.05, 3.63) is 70.3 Å². The molecule has 4 N–H and O–H groups in total. The maximum absolute atomic E-state index is 13.1. The Hall–Kier alpha value is -3.36. The summed E-state index contributed by atoms with van der Waals surface area (Å²) < 4.78 is 0. The van der Waals surface area contributed by atoms with Crippen LogP contribution in [0.2, 0.25) is 0 Å². The lowest BCUT2D eigenvalue weighted by Crippen LogP contribution is -2.54. The number of nitrogens with two attached hydrogens (primary N) is 1. The average molecular weight is 406 g/mol. The third kappa shape index (κ3) is 3.51. The molecule has 154 valence electrons. The van der Waals surface area contributed by atoms with Crippen LogP contribution in [0.15, 0.2) is 42.5 Å². The molecule has 2 aromatic carbocycles. The number of carbonyl (C=O) groups is 4. The van der Waals surface area contributed by atoms with Crippen molar-refractivity contribution in [3.63, 3.8) is 0 Å². The number of nitrogens with one attached hydrogen (secondary N) is 2. The monoisotopic (exact) mass is 406 g/mol. The average Bonchev–Trinajstić information content (AvgIpc) is 3.00. The molecule has 4 amide bonds. The van der Waals surface area contributed by atoms with Gasteiger partial charge in [-0.2, -0.15) is 0 Å². The van der Waals surface area contributed by atoms with Gasteiger partial charge in [0.1, 0.15) is 6.04 Å². The highest BCUT2D eigenvalue weighted by Gasteiger charge is 2.45. The van der Waals surface area contributed by atoms with Gasteiger partial charge in [-0.05, 0) is 29.2 Å². The van der Waals surface area contributed by atoms with Crippen LogP contribution in [0.5, 0.6) is 0 Å². The number of fused-ring (bicyclic) bond motifs is 1. The molecule has 1 unspecified atom stereocenters. The van der Waals surface area contributed by atoms with E-state index >= 15 is 0 Å². The van der Waals surface area contributed by atoms with Crippen molar-refractivity contribution >= 4 is 23.6 Å². The fraction of sp³-hybridized carbons (Fsp3) is 0.273. The summed E-state index contributed by atoms with van der Waals surface area (Å²) in [5.41, 5.74) is 9.17. The smallest absolute Gasteiger partial charge is 0.262 e. The van der Waals surface area contributed by atoms with Crippen molar-refractivity contribution in [1.82, 2.24) is 15.5 Å². The van der Waals surface area contributed by atoms with Gasteiger partial charge in [-0.3, -0.25) is 29.4 Å². The molecule has 1 fully saturated rings. The normalized spacial score (nSPS) is 18.6. The van der Waals surface area contributed by atoms with Crippen molar-refractivity contribution in [1.29, 1.82) is 0 Å². The second kappa shape index (κ2) is 8.17. The van der Waals surface area contributed by atoms with E-state index in [-0.39, 0.29) is 18.4 Å². The van der Waals surface area contributed by atoms with Gasteiger partial charge >= 0.3 is 0 Å². The summed E-state index contributed by atoms with van der Waals surface area (Å²) in [7, 11) is 0. The van der Waals surface area contributed by atoms with Crippen LogP contribution in [-0.4, -0.2) is 34.6 Å². The second-order valence-corrected chi connectivity index (χ2v) is 7.36. The third-order valence-electron chi connectivity index (χ3n) is 5.52. The maximum atomic E-state index is 13.1. The molecule has 0 aliphatic carbocycles. The molecule has 2 heterocycles. The number of rotatable bonds is 6. The second-order valence-electron chi connectivity index (χ2n) is 7.36. The van der Waals surface area contributed by atoms with E-state index in [2.05, 4.69) is 10.6 Å². The summed E-state index contributed by atoms with van der Waals surface area (Å²) in [6.07, 6.45) is 0.234. The maximum Gasteiger partial charge on any atom is 0.262 e. The fourth-order valence-corrected chi connectivity index (χ4v) is 3.99. The Morgan fingerprint density at radius 1 is 0.933 bits per heavy atom. The van der Waals surface area contributed by atoms with E-state index < -0.39 is 29.7 Å². The van der Waals surface area contributed by atoms with E-state index in [0.717, 1.165) is 16.0 Å². The zero-order chi connectivity index (χ0) is 21.3. The van der Waals surface area contributed by atoms with Gasteiger partial charge in [0.05, 0.1) is 11.1 Å². The van der Waals surface area contributed by atoms with Crippen molar-refractivity contribution < 1.29 is 19.2 Å². The predicted molar refractivity (Wildman–Crippen MR) is 108 cm³/mol. The Balaban J connectivity index is 1.53. The van der Waals surface area contributed by atoms with E-state index in [1.165, 1.54) is 0 Å². The molecular formula is C22H22N4O4. The molecule has 8 heteroatoms. The molecule has 2 aliphatic rings. The number of benzene rings is 2. The van der Waals surface area contributed by atoms with Crippen LogP contribution < -0.4 is 16.4 Å². The van der Waals surface area contributed by atoms with E-state index in [1.54, 1.807) is 18.2 Å². The first-order valence-corrected chi connectivity index (χ1v) is 9.82. The van der Waals surface area contributed by atoms with Gasteiger partial charge in [-0.1, -0.05) is 36.4 Å². The number of nitrogens with zero attached hydrogens (tertiary/aromatic N) is 1. The van der Waals surface area contributed by atoms with Crippen molar-refractivity contribution in [2.75, 3.05) is 0 Å². The molecule has 1 atom stereocenters. The first-order valence-electron chi connectivity index (χ1n) is 9.82. The van der Waals surface area contributed by atoms with E-state index in [4.69, 9.17) is 5.73 Å². The summed E-state index contributed by atoms with van der Waals surface area (Å²) in [4.78, 5) is 50.6. The number of carbonyl (C=O) groups excluding carboxylic acids is 4. The zero-order valence-corrected chi connectivity index (χ0v) is 16.3. The van der Waals surface area contributed by atoms with E-state index in [1.807, 2.05) is 24.3 Å². The Labute approximate surface area is 173 Å². The van der Waals surface area contributed by atoms with Gasteiger partial charge in [-0.15, -0.1) is 0 Å². The number of hydrogen-bond acceptors (Lipinski definition) is 6. The lowest BCUT2D eigenvalue weighted by atomic mass is 10.0. The van der Waals surface area contributed by atoms with Crippen molar-refractivity contribution in [2.24, 2.45) is 5.73 Å². The SMILES string of the molecule is NCc1ccccc1CNCc1cccc2c1C(=O)N(C1CCC(=O)NC1=O)C2=O. The molecule has 0 radical (unpaired) electrons. The third-order valence-corrected chi connectivity index (χ3v) is 5.52. The van der Waals surface area contributed by atoms with Crippen molar-refractivity contribution in [2.45, 2.75) is 38.5 Å². The first kappa shape index (κ1) is 19.9. The zero-order valence-electron chi connectivity index (χ0n) is 16.3. The predicted octanol–water partition coefficient (Wildman–Crippen LogP) is 0.836. The molecule has 8 nitrogen and oxygen atoms in total. The fourth-order valence-electron chi connectivity index (χ4n) is 3.99. The minimum atomic E-state index is -0.965. The van der Waals surface area contributed by atoms with Gasteiger partial charge in [0.15, 0.2) is 0 Å². The summed E-state index contributed by atoms with van der Waals surface area (Å²) in [5, 5.41) is 5.51. The highest BCUT2D eigenvalue weighted by atomic mass is 16.2. The number of piperidine rings is 1. The van der Waals surface area contributed by atoms with E-state index in [9.17, 15) is 19.2 Å². The summed E-state index contributed by atoms with van der Waals surface area (Å²) >= 11 is 0. The minimum absolute atomic E-state index is 0.0960. The summed E-state index contributed by atoms with van der Waals surface area (Å²) in [5.74, 6) is -2.00. The van der Waals surface area contributed by atoms with Gasteiger partial charge in [0.2, 0.25) is 11.8 Å². The van der Waals surface area contributed by atoms with Crippen LogP contribution >= 0.6 is 0 Å². The first-order chi connectivity index (χ1) is 14.5. The molecule has 4 rings (SSSR count). The van der Waals surface area contributed by atoms with Crippen LogP contribution in [0.25, 0.3) is 0 Å². The quantitative estimate of drug-likeness (QED) is 0.611. The highest BCUT2D eigenvalue weighted by Crippen LogP contribution is 2.30. The standard InChI is InChI=1S/C22H22N4O4/c23-10-13-4-1-2-5-14(13)11-24-12-15-6-3-7-16-19(15)22(30)26(21(16)29)17-8-9-18(27)25-20(17)28/h1-7,17,24H,8-12,23H2,(H,25,27,28). The Kier molecular flexibility index (Phi) is 5.43. The van der Waals surface area contributed by atoms with Crippen molar-refractivity contribution in [3.8, 4) is 0 Å². The molecule has 0 bridgehead atoms. The van der Waals surface area contributed by atoms with Crippen LogP contribution in [0, 0.1) is 0 Å². The highest BCUT2D eigenvalue weighted by molar-refractivity contribution is 6.24. The van der Waals surface area contributed by atoms with Gasteiger partial charge in [-0.25, -0.2) is 0 Å². The van der Waals surface area contributed by atoms with E-state index in [0.29, 0.717) is 30.8 Å². The van der Waals surface area contributed by atoms with Gasteiger partial charge < -0.3 is 11.1 Å². The lowest BCUT2D eigenvalue weighted by molar-refractivity contribution is -0.136. The Bertz CT molecular complexity index is 1050. The molecule has 1 saturated heterocycles. The minimum Gasteiger partial charge on any atom is -0.326 e. The molecule has 30 heavy (non-hydrogen) atoms. The molecular weight excluding hydrogens is 384 g/mol. The molecule has 0 spiro atoms. The number of imide groups is 2. The molecule has 0 aromatic heterocycles. The summed E-state index contributed by atoms with van der Waals surface area (Å²) in [6.45, 7) is 1.38. The molecule has 2 aliphatic heterocycles. The van der Waals surface area contributed by atoms with Crippen LogP contribution in [-0.2, 0) is 29.2 Å². The molecule has 0 saturated carbocycles. The van der Waals surface area contributed by atoms with Gasteiger partial charge in [0.25, 0.3) is 11.8 Å². The topological polar surface area (TPSA) is 122 Å². The number of amides is 4. The summed E-state index contributed by atoms with van der Waals surface area (Å²) in [6, 6.07) is 12.0. The lowest BCUT2D eigenvalue weighted by Gasteiger charge is -2.27. The van der Waals surface area contributed by atoms with Crippen LogP contribution in [0.1, 0.15) is 50.2 Å².